The summed E-state index contributed by atoms with van der Waals surface area (Å²) in [7, 11) is 0. The molecule has 0 bridgehead atoms. The molecule has 1 saturated carbocycles. The highest BCUT2D eigenvalue weighted by Gasteiger charge is 2.52. The van der Waals surface area contributed by atoms with Crippen molar-refractivity contribution in [3.63, 3.8) is 0 Å². The molecule has 0 radical (unpaired) electrons. The Morgan fingerprint density at radius 3 is 2.55 bits per heavy atom. The Morgan fingerprint density at radius 1 is 1.11 bits per heavy atom. The van der Waals surface area contributed by atoms with Crippen LogP contribution in [0.1, 0.15) is 46.8 Å². The molecular formula is C25H19F3N4O4S2. The lowest BCUT2D eigenvalue weighted by Crippen LogP contribution is -2.27. The molecule has 2 amide bonds. The Labute approximate surface area is 221 Å². The lowest BCUT2D eigenvalue weighted by atomic mass is 9.85. The van der Waals surface area contributed by atoms with Crippen molar-refractivity contribution in [1.29, 1.82) is 0 Å². The van der Waals surface area contributed by atoms with E-state index in [-0.39, 0.29) is 28.7 Å². The average Bonchev–Trinajstić information content (AvgIpc) is 3.26. The molecule has 1 atom stereocenters. The summed E-state index contributed by atoms with van der Waals surface area (Å²) in [5.41, 5.74) is 0.882. The van der Waals surface area contributed by atoms with Crippen molar-refractivity contribution in [2.45, 2.75) is 31.4 Å². The Balaban J connectivity index is 1.39. The summed E-state index contributed by atoms with van der Waals surface area (Å²) >= 11 is 2.41. The van der Waals surface area contributed by atoms with E-state index in [1.165, 1.54) is 23.5 Å². The number of thiazole rings is 2. The molecule has 0 saturated heterocycles. The van der Waals surface area contributed by atoms with Crippen LogP contribution in [0.2, 0.25) is 0 Å². The Bertz CT molecular complexity index is 1530. The van der Waals surface area contributed by atoms with Gasteiger partial charge in [0.05, 0.1) is 32.6 Å². The van der Waals surface area contributed by atoms with E-state index < -0.39 is 34.9 Å². The first-order chi connectivity index (χ1) is 18.0. The van der Waals surface area contributed by atoms with Crippen molar-refractivity contribution in [1.82, 2.24) is 9.97 Å². The zero-order chi connectivity index (χ0) is 27.1. The highest BCUT2D eigenvalue weighted by molar-refractivity contribution is 7.22. The van der Waals surface area contributed by atoms with Gasteiger partial charge in [0.1, 0.15) is 5.69 Å². The molecule has 0 aliphatic heterocycles. The number of nitrogens with zero attached hydrogens (tertiary/aromatic N) is 2. The van der Waals surface area contributed by atoms with Gasteiger partial charge in [0.15, 0.2) is 5.13 Å². The zero-order valence-electron chi connectivity index (χ0n) is 19.4. The van der Waals surface area contributed by atoms with Crippen molar-refractivity contribution < 1.29 is 32.7 Å². The number of benzene rings is 2. The lowest BCUT2D eigenvalue weighted by molar-refractivity contribution is -0.144. The maximum absolute atomic E-state index is 13.3. The molecular weight excluding hydrogens is 541 g/mol. The van der Waals surface area contributed by atoms with Crippen LogP contribution in [-0.4, -0.2) is 32.9 Å². The van der Waals surface area contributed by atoms with E-state index in [0.29, 0.717) is 28.7 Å². The first kappa shape index (κ1) is 25.8. The van der Waals surface area contributed by atoms with Gasteiger partial charge >= 0.3 is 12.1 Å². The van der Waals surface area contributed by atoms with E-state index in [9.17, 15) is 32.7 Å². The van der Waals surface area contributed by atoms with Crippen LogP contribution >= 0.6 is 22.7 Å². The van der Waals surface area contributed by atoms with Crippen molar-refractivity contribution >= 4 is 61.5 Å². The summed E-state index contributed by atoms with van der Waals surface area (Å²) in [5, 5.41) is 16.9. The van der Waals surface area contributed by atoms with E-state index >= 15 is 0 Å². The number of carboxylic acid groups (broad SMARTS) is 1. The van der Waals surface area contributed by atoms with Gasteiger partial charge in [-0.05, 0) is 49.1 Å². The summed E-state index contributed by atoms with van der Waals surface area (Å²) in [5.74, 6) is -3.22. The molecule has 8 nitrogen and oxygen atoms in total. The number of halogens is 3. The number of hydrogen-bond acceptors (Lipinski definition) is 7. The lowest BCUT2D eigenvalue weighted by Gasteiger charge is -2.21. The molecule has 5 rings (SSSR count). The molecule has 3 N–H and O–H groups in total. The maximum atomic E-state index is 13.3. The number of aromatic nitrogens is 2. The maximum Gasteiger partial charge on any atom is 0.416 e. The average molecular weight is 561 g/mol. The minimum Gasteiger partial charge on any atom is -0.481 e. The van der Waals surface area contributed by atoms with Gasteiger partial charge in [0, 0.05) is 11.1 Å². The quantitative estimate of drug-likeness (QED) is 0.243. The predicted octanol–water partition coefficient (Wildman–Crippen LogP) is 6.00. The summed E-state index contributed by atoms with van der Waals surface area (Å²) in [4.78, 5) is 45.8. The van der Waals surface area contributed by atoms with Crippen LogP contribution in [0, 0.1) is 5.41 Å². The number of rotatable bonds is 8. The second kappa shape index (κ2) is 9.80. The molecule has 4 aromatic rings. The fraction of sp³-hybridized carbons (Fsp3) is 0.240. The van der Waals surface area contributed by atoms with E-state index in [0.717, 1.165) is 23.5 Å². The van der Waals surface area contributed by atoms with Gasteiger partial charge in [-0.2, -0.15) is 13.2 Å². The SMILES string of the molecule is O=C(Nc1ccc2nc(NC(=O)C(CC3(C(=O)O)CC3)c3cccc(C(F)(F)F)c3)sc2c1)c1cscn1. The van der Waals surface area contributed by atoms with E-state index in [2.05, 4.69) is 20.6 Å². The fourth-order valence-electron chi connectivity index (χ4n) is 4.11. The third-order valence-corrected chi connectivity index (χ3v) is 7.90. The van der Waals surface area contributed by atoms with E-state index in [1.54, 1.807) is 29.1 Å². The van der Waals surface area contributed by atoms with Gasteiger partial charge in [-0.15, -0.1) is 11.3 Å². The number of carboxylic acids is 1. The summed E-state index contributed by atoms with van der Waals surface area (Å²) in [6.45, 7) is 0. The van der Waals surface area contributed by atoms with Gasteiger partial charge in [-0.25, -0.2) is 9.97 Å². The molecule has 1 fully saturated rings. The second-order valence-electron chi connectivity index (χ2n) is 8.98. The standard InChI is InChI=1S/C25H19F3N4O4S2/c26-25(27,28)14-3-1-2-13(8-14)16(10-24(6-7-24)22(35)36)20(33)32-23-31-17-5-4-15(9-19(17)38-23)30-21(34)18-11-37-12-29-18/h1-5,8-9,11-12,16H,6-7,10H2,(H,30,34)(H,35,36)(H,31,32,33). The van der Waals surface area contributed by atoms with Gasteiger partial charge in [-0.1, -0.05) is 29.5 Å². The number of anilines is 2. The van der Waals surface area contributed by atoms with Crippen LogP contribution in [0.15, 0.2) is 53.4 Å². The summed E-state index contributed by atoms with van der Waals surface area (Å²) in [6.07, 6.45) is -4.04. The molecule has 2 aromatic carbocycles. The molecule has 1 aliphatic rings. The molecule has 2 heterocycles. The first-order valence-corrected chi connectivity index (χ1v) is 13.1. The molecule has 38 heavy (non-hydrogen) atoms. The highest BCUT2D eigenvalue weighted by atomic mass is 32.1. The minimum atomic E-state index is -4.61. The largest absolute Gasteiger partial charge is 0.481 e. The van der Waals surface area contributed by atoms with Gasteiger partial charge in [0.25, 0.3) is 5.91 Å². The van der Waals surface area contributed by atoms with Crippen molar-refractivity contribution in [3.8, 4) is 0 Å². The number of amides is 2. The van der Waals surface area contributed by atoms with Crippen molar-refractivity contribution in [2.75, 3.05) is 10.6 Å². The smallest absolute Gasteiger partial charge is 0.416 e. The summed E-state index contributed by atoms with van der Waals surface area (Å²) in [6, 6.07) is 9.38. The van der Waals surface area contributed by atoms with Crippen LogP contribution in [0.25, 0.3) is 10.2 Å². The van der Waals surface area contributed by atoms with Gasteiger partial charge < -0.3 is 15.7 Å². The molecule has 2 aromatic heterocycles. The number of hydrogen-bond donors (Lipinski definition) is 3. The predicted molar refractivity (Wildman–Crippen MR) is 136 cm³/mol. The van der Waals surface area contributed by atoms with Gasteiger partial charge in [-0.3, -0.25) is 14.4 Å². The number of aliphatic carboxylic acids is 1. The Hall–Kier alpha value is -3.84. The molecule has 1 aliphatic carbocycles. The normalized spacial score (nSPS) is 15.1. The van der Waals surface area contributed by atoms with E-state index in [4.69, 9.17) is 0 Å². The monoisotopic (exact) mass is 560 g/mol. The molecule has 196 valence electrons. The number of carbonyl (C=O) groups excluding carboxylic acids is 2. The topological polar surface area (TPSA) is 121 Å². The number of alkyl halides is 3. The van der Waals surface area contributed by atoms with Crippen LogP contribution in [0.3, 0.4) is 0 Å². The third kappa shape index (κ3) is 5.38. The van der Waals surface area contributed by atoms with Crippen molar-refractivity contribution in [3.05, 3.63) is 70.2 Å². The van der Waals surface area contributed by atoms with Gasteiger partial charge in [0.2, 0.25) is 5.91 Å². The summed E-state index contributed by atoms with van der Waals surface area (Å²) < 4.78 is 40.7. The first-order valence-electron chi connectivity index (χ1n) is 11.4. The molecule has 1 unspecified atom stereocenters. The zero-order valence-corrected chi connectivity index (χ0v) is 21.0. The molecule has 0 spiro atoms. The number of carbonyl (C=O) groups is 3. The Morgan fingerprint density at radius 2 is 1.89 bits per heavy atom. The third-order valence-electron chi connectivity index (χ3n) is 6.38. The Kier molecular flexibility index (Phi) is 6.65. The number of fused-ring (bicyclic) bond motifs is 1. The highest BCUT2D eigenvalue weighted by Crippen LogP contribution is 2.53. The van der Waals surface area contributed by atoms with Crippen LogP contribution in [0.5, 0.6) is 0 Å². The van der Waals surface area contributed by atoms with Crippen molar-refractivity contribution in [2.24, 2.45) is 5.41 Å². The van der Waals surface area contributed by atoms with Crippen LogP contribution in [-0.2, 0) is 15.8 Å². The molecule has 13 heteroatoms. The van der Waals surface area contributed by atoms with Crippen LogP contribution in [0.4, 0.5) is 24.0 Å². The number of nitrogens with one attached hydrogen (secondary N) is 2. The van der Waals surface area contributed by atoms with E-state index in [1.807, 2.05) is 0 Å². The fourth-order valence-corrected chi connectivity index (χ4v) is 5.55. The second-order valence-corrected chi connectivity index (χ2v) is 10.7. The minimum absolute atomic E-state index is 0.0815. The van der Waals surface area contributed by atoms with Crippen LogP contribution < -0.4 is 10.6 Å².